The van der Waals surface area contributed by atoms with E-state index in [9.17, 15) is 4.79 Å². The van der Waals surface area contributed by atoms with Gasteiger partial charge in [-0.2, -0.15) is 5.10 Å². The molecule has 104 valence electrons. The molecular weight excluding hydrogens is 252 g/mol. The highest BCUT2D eigenvalue weighted by Gasteiger charge is 2.17. The number of nitrogens with one attached hydrogen (secondary N) is 2. The molecule has 5 heteroatoms. The van der Waals surface area contributed by atoms with Gasteiger partial charge >= 0.3 is 0 Å². The van der Waals surface area contributed by atoms with Crippen LogP contribution in [0.4, 0.5) is 0 Å². The minimum atomic E-state index is 0.00402. The highest BCUT2D eigenvalue weighted by atomic mass is 16.1. The standard InChI is InChI=1S/C15H18N4O/c20-15(18-14-6-8-16-10-14)13-4-2-12(3-5-13)11-19-9-1-7-17-19/h1-5,7,9,14,16H,6,8,10-11H2,(H,18,20). The monoisotopic (exact) mass is 270 g/mol. The van der Waals surface area contributed by atoms with Crippen LogP contribution in [0.3, 0.4) is 0 Å². The van der Waals surface area contributed by atoms with Gasteiger partial charge in [-0.1, -0.05) is 12.1 Å². The number of amides is 1. The van der Waals surface area contributed by atoms with Crippen molar-refractivity contribution in [2.24, 2.45) is 0 Å². The average Bonchev–Trinajstić information content (AvgIpc) is 3.13. The van der Waals surface area contributed by atoms with E-state index in [1.165, 1.54) is 0 Å². The summed E-state index contributed by atoms with van der Waals surface area (Å²) in [6, 6.07) is 9.85. The van der Waals surface area contributed by atoms with Crippen LogP contribution in [0.25, 0.3) is 0 Å². The molecule has 1 aromatic carbocycles. The number of carbonyl (C=O) groups is 1. The maximum Gasteiger partial charge on any atom is 0.251 e. The molecule has 1 aliphatic heterocycles. The first kappa shape index (κ1) is 12.9. The summed E-state index contributed by atoms with van der Waals surface area (Å²) in [5.74, 6) is 0.00402. The van der Waals surface area contributed by atoms with Gasteiger partial charge in [-0.15, -0.1) is 0 Å². The Labute approximate surface area is 118 Å². The molecule has 0 saturated carbocycles. The number of carbonyl (C=O) groups excluding carboxylic acids is 1. The van der Waals surface area contributed by atoms with E-state index in [0.717, 1.165) is 31.6 Å². The van der Waals surface area contributed by atoms with Gasteiger partial charge < -0.3 is 10.6 Å². The third kappa shape index (κ3) is 3.05. The van der Waals surface area contributed by atoms with Crippen molar-refractivity contribution < 1.29 is 4.79 Å². The van der Waals surface area contributed by atoms with Crippen molar-refractivity contribution in [1.82, 2.24) is 20.4 Å². The lowest BCUT2D eigenvalue weighted by Gasteiger charge is -2.11. The largest absolute Gasteiger partial charge is 0.348 e. The molecule has 2 aromatic rings. The molecule has 1 unspecified atom stereocenters. The van der Waals surface area contributed by atoms with Crippen molar-refractivity contribution in [3.8, 4) is 0 Å². The number of rotatable bonds is 4. The Kier molecular flexibility index (Phi) is 3.78. The topological polar surface area (TPSA) is 59.0 Å². The number of hydrogen-bond donors (Lipinski definition) is 2. The Morgan fingerprint density at radius 1 is 1.40 bits per heavy atom. The van der Waals surface area contributed by atoms with Gasteiger partial charge in [0.1, 0.15) is 0 Å². The molecule has 1 saturated heterocycles. The molecule has 1 atom stereocenters. The van der Waals surface area contributed by atoms with Crippen LogP contribution in [-0.2, 0) is 6.54 Å². The molecule has 2 heterocycles. The molecule has 0 spiro atoms. The van der Waals surface area contributed by atoms with Crippen molar-refractivity contribution in [3.63, 3.8) is 0 Å². The van der Waals surface area contributed by atoms with Gasteiger partial charge in [-0.3, -0.25) is 9.48 Å². The summed E-state index contributed by atoms with van der Waals surface area (Å²) in [4.78, 5) is 12.1. The van der Waals surface area contributed by atoms with Crippen LogP contribution in [0, 0.1) is 0 Å². The minimum absolute atomic E-state index is 0.00402. The first-order valence-corrected chi connectivity index (χ1v) is 6.89. The molecule has 0 radical (unpaired) electrons. The van der Waals surface area contributed by atoms with E-state index in [4.69, 9.17) is 0 Å². The fourth-order valence-corrected chi connectivity index (χ4v) is 2.39. The smallest absolute Gasteiger partial charge is 0.251 e. The van der Waals surface area contributed by atoms with E-state index in [0.29, 0.717) is 5.56 Å². The lowest BCUT2D eigenvalue weighted by Crippen LogP contribution is -2.36. The van der Waals surface area contributed by atoms with E-state index in [1.807, 2.05) is 41.2 Å². The molecular formula is C15H18N4O. The first-order chi connectivity index (χ1) is 9.81. The van der Waals surface area contributed by atoms with Gasteiger partial charge in [0, 0.05) is 30.5 Å². The first-order valence-electron chi connectivity index (χ1n) is 6.89. The molecule has 0 aliphatic carbocycles. The van der Waals surface area contributed by atoms with E-state index in [1.54, 1.807) is 6.20 Å². The van der Waals surface area contributed by atoms with Crippen molar-refractivity contribution in [2.75, 3.05) is 13.1 Å². The van der Waals surface area contributed by atoms with Crippen molar-refractivity contribution in [2.45, 2.75) is 19.0 Å². The summed E-state index contributed by atoms with van der Waals surface area (Å²) in [5.41, 5.74) is 1.84. The van der Waals surface area contributed by atoms with E-state index in [2.05, 4.69) is 15.7 Å². The predicted octanol–water partition coefficient (Wildman–Crippen LogP) is 1.02. The van der Waals surface area contributed by atoms with Gasteiger partial charge in [0.2, 0.25) is 0 Å². The zero-order valence-electron chi connectivity index (χ0n) is 11.2. The third-order valence-corrected chi connectivity index (χ3v) is 3.52. The van der Waals surface area contributed by atoms with Crippen LogP contribution in [0.1, 0.15) is 22.3 Å². The summed E-state index contributed by atoms with van der Waals surface area (Å²) in [7, 11) is 0. The van der Waals surface area contributed by atoms with Crippen LogP contribution in [0.15, 0.2) is 42.7 Å². The van der Waals surface area contributed by atoms with Crippen LogP contribution in [0.2, 0.25) is 0 Å². The van der Waals surface area contributed by atoms with Gasteiger partial charge in [-0.05, 0) is 36.7 Å². The summed E-state index contributed by atoms with van der Waals surface area (Å²) >= 11 is 0. The Bertz CT molecular complexity index is 556. The van der Waals surface area contributed by atoms with Crippen molar-refractivity contribution in [3.05, 3.63) is 53.9 Å². The Balaban J connectivity index is 1.61. The lowest BCUT2D eigenvalue weighted by molar-refractivity contribution is 0.0940. The second-order valence-corrected chi connectivity index (χ2v) is 5.06. The summed E-state index contributed by atoms with van der Waals surface area (Å²) in [6.45, 7) is 2.57. The normalized spacial score (nSPS) is 18.1. The van der Waals surface area contributed by atoms with Crippen molar-refractivity contribution in [1.29, 1.82) is 0 Å². The molecule has 0 bridgehead atoms. The van der Waals surface area contributed by atoms with Crippen LogP contribution in [0.5, 0.6) is 0 Å². The fraction of sp³-hybridized carbons (Fsp3) is 0.333. The van der Waals surface area contributed by atoms with Crippen LogP contribution < -0.4 is 10.6 Å². The Morgan fingerprint density at radius 2 is 2.25 bits per heavy atom. The van der Waals surface area contributed by atoms with E-state index in [-0.39, 0.29) is 11.9 Å². The summed E-state index contributed by atoms with van der Waals surface area (Å²) in [6.07, 6.45) is 4.69. The predicted molar refractivity (Wildman–Crippen MR) is 76.5 cm³/mol. The number of benzene rings is 1. The van der Waals surface area contributed by atoms with Crippen LogP contribution >= 0.6 is 0 Å². The second kappa shape index (κ2) is 5.88. The highest BCUT2D eigenvalue weighted by molar-refractivity contribution is 5.94. The SMILES string of the molecule is O=C(NC1CCNC1)c1ccc(Cn2cccn2)cc1. The van der Waals surface area contributed by atoms with Gasteiger partial charge in [0.15, 0.2) is 0 Å². The maximum absolute atomic E-state index is 12.1. The zero-order chi connectivity index (χ0) is 13.8. The molecule has 5 nitrogen and oxygen atoms in total. The Hall–Kier alpha value is -2.14. The number of aromatic nitrogens is 2. The third-order valence-electron chi connectivity index (χ3n) is 3.52. The summed E-state index contributed by atoms with van der Waals surface area (Å²) in [5, 5.41) is 10.4. The fourth-order valence-electron chi connectivity index (χ4n) is 2.39. The number of hydrogen-bond acceptors (Lipinski definition) is 3. The van der Waals surface area contributed by atoms with Crippen molar-refractivity contribution >= 4 is 5.91 Å². The van der Waals surface area contributed by atoms with Gasteiger partial charge in [0.25, 0.3) is 5.91 Å². The second-order valence-electron chi connectivity index (χ2n) is 5.06. The quantitative estimate of drug-likeness (QED) is 0.872. The Morgan fingerprint density at radius 3 is 2.90 bits per heavy atom. The molecule has 20 heavy (non-hydrogen) atoms. The molecule has 1 aliphatic rings. The van der Waals surface area contributed by atoms with Crippen LogP contribution in [-0.4, -0.2) is 34.8 Å². The molecule has 3 rings (SSSR count). The maximum atomic E-state index is 12.1. The average molecular weight is 270 g/mol. The van der Waals surface area contributed by atoms with E-state index < -0.39 is 0 Å². The molecule has 2 N–H and O–H groups in total. The van der Waals surface area contributed by atoms with Gasteiger partial charge in [0.05, 0.1) is 6.54 Å². The minimum Gasteiger partial charge on any atom is -0.348 e. The highest BCUT2D eigenvalue weighted by Crippen LogP contribution is 2.07. The van der Waals surface area contributed by atoms with E-state index >= 15 is 0 Å². The molecule has 1 amide bonds. The molecule has 1 fully saturated rings. The number of nitrogens with zero attached hydrogens (tertiary/aromatic N) is 2. The molecule has 1 aromatic heterocycles. The lowest BCUT2D eigenvalue weighted by atomic mass is 10.1. The zero-order valence-corrected chi connectivity index (χ0v) is 11.2. The van der Waals surface area contributed by atoms with Gasteiger partial charge in [-0.25, -0.2) is 0 Å². The summed E-state index contributed by atoms with van der Waals surface area (Å²) < 4.78 is 1.86.